The number of nitrogens with one attached hydrogen (secondary N) is 1. The Kier molecular flexibility index (Phi) is 9.12. The van der Waals surface area contributed by atoms with Gasteiger partial charge >= 0.3 is 12.3 Å². The van der Waals surface area contributed by atoms with Crippen LogP contribution in [0.3, 0.4) is 0 Å². The molecule has 2 aromatic rings. The van der Waals surface area contributed by atoms with Gasteiger partial charge in [-0.15, -0.1) is 0 Å². The molecule has 0 saturated carbocycles. The number of hydrogen-bond donors (Lipinski definition) is 2. The lowest BCUT2D eigenvalue weighted by atomic mass is 9.94. The minimum atomic E-state index is -4.52. The van der Waals surface area contributed by atoms with E-state index in [-0.39, 0.29) is 18.1 Å². The van der Waals surface area contributed by atoms with Crippen LogP contribution in [0.2, 0.25) is 5.02 Å². The maximum absolute atomic E-state index is 12.9. The molecule has 0 aliphatic rings. The fourth-order valence-electron chi connectivity index (χ4n) is 3.03. The number of benzene rings is 2. The number of aliphatic hydroxyl groups excluding tert-OH is 1. The summed E-state index contributed by atoms with van der Waals surface area (Å²) in [7, 11) is -1.82. The smallest absolute Gasteiger partial charge is 0.416 e. The molecule has 32 heavy (non-hydrogen) atoms. The predicted molar refractivity (Wildman–Crippen MR) is 116 cm³/mol. The third-order valence-electron chi connectivity index (χ3n) is 4.82. The molecule has 0 aliphatic carbocycles. The van der Waals surface area contributed by atoms with Gasteiger partial charge in [-0.05, 0) is 69.0 Å². The molecule has 2 rings (SSSR count). The van der Waals surface area contributed by atoms with Crippen LogP contribution < -0.4 is 5.32 Å². The molecule has 0 heterocycles. The van der Waals surface area contributed by atoms with E-state index in [1.54, 1.807) is 26.0 Å². The van der Waals surface area contributed by atoms with Crippen molar-refractivity contribution >= 4 is 28.5 Å². The molecule has 0 aliphatic heterocycles. The van der Waals surface area contributed by atoms with Crippen LogP contribution in [0.25, 0.3) is 0 Å². The van der Waals surface area contributed by atoms with Gasteiger partial charge in [0, 0.05) is 14.8 Å². The molecule has 2 unspecified atom stereocenters. The van der Waals surface area contributed by atoms with Crippen molar-refractivity contribution in [3.05, 3.63) is 58.6 Å². The first-order valence-corrected chi connectivity index (χ1v) is 11.4. The second-order valence-electron chi connectivity index (χ2n) is 7.47. The molecule has 0 radical (unpaired) electrons. The van der Waals surface area contributed by atoms with E-state index < -0.39 is 34.2 Å². The average Bonchev–Trinajstić information content (AvgIpc) is 2.74. The summed E-state index contributed by atoms with van der Waals surface area (Å²) < 4.78 is 56.3. The predicted octanol–water partition coefficient (Wildman–Crippen LogP) is 5.35. The Balaban J connectivity index is 2.06. The summed E-state index contributed by atoms with van der Waals surface area (Å²) in [5.74, 6) is 0. The third-order valence-corrected chi connectivity index (χ3v) is 6.53. The normalized spacial score (nSPS) is 14.5. The van der Waals surface area contributed by atoms with Crippen LogP contribution in [0.5, 0.6) is 0 Å². The van der Waals surface area contributed by atoms with Crippen LogP contribution >= 0.6 is 11.6 Å². The first-order chi connectivity index (χ1) is 15.0. The fourth-order valence-corrected chi connectivity index (χ4v) is 4.50. The van der Waals surface area contributed by atoms with Gasteiger partial charge in [0.2, 0.25) is 0 Å². The molecule has 0 aromatic heterocycles. The van der Waals surface area contributed by atoms with E-state index in [9.17, 15) is 27.3 Å². The van der Waals surface area contributed by atoms with E-state index in [4.69, 9.17) is 16.3 Å². The third kappa shape index (κ3) is 7.21. The number of carbonyl (C=O) groups excluding carboxylic acids is 1. The Hall–Kier alpha value is -2.10. The number of rotatable bonds is 9. The molecule has 0 fully saturated rings. The van der Waals surface area contributed by atoms with E-state index in [1.165, 1.54) is 18.2 Å². The van der Waals surface area contributed by atoms with Crippen molar-refractivity contribution in [2.75, 3.05) is 13.2 Å². The number of amides is 1. The molecule has 176 valence electrons. The fraction of sp³-hybridized carbons (Fsp3) is 0.409. The number of alkyl carbamates (subject to hydrolysis) is 1. The van der Waals surface area contributed by atoms with Crippen molar-refractivity contribution in [2.45, 2.75) is 54.6 Å². The van der Waals surface area contributed by atoms with Gasteiger partial charge in [-0.2, -0.15) is 13.2 Å². The highest BCUT2D eigenvalue weighted by molar-refractivity contribution is 7.85. The van der Waals surface area contributed by atoms with Gasteiger partial charge < -0.3 is 15.2 Å². The number of ether oxygens (including phenoxy) is 1. The monoisotopic (exact) mass is 491 g/mol. The number of carbonyl (C=O) groups is 1. The zero-order valence-electron chi connectivity index (χ0n) is 17.7. The summed E-state index contributed by atoms with van der Waals surface area (Å²) in [6, 6.07) is 9.11. The zero-order valence-corrected chi connectivity index (χ0v) is 19.2. The van der Waals surface area contributed by atoms with Crippen molar-refractivity contribution in [1.29, 1.82) is 0 Å². The molecular formula is C22H25ClF3NO4S. The quantitative estimate of drug-likeness (QED) is 0.496. The number of aryl methyl sites for hydroxylation is 1. The van der Waals surface area contributed by atoms with E-state index in [2.05, 4.69) is 5.32 Å². The van der Waals surface area contributed by atoms with Crippen molar-refractivity contribution in [3.63, 3.8) is 0 Å². The zero-order chi connectivity index (χ0) is 23.9. The molecule has 2 atom stereocenters. The van der Waals surface area contributed by atoms with Crippen molar-refractivity contribution < 1.29 is 32.0 Å². The maximum Gasteiger partial charge on any atom is 0.416 e. The van der Waals surface area contributed by atoms with E-state index in [0.717, 1.165) is 17.7 Å². The Morgan fingerprint density at radius 3 is 2.47 bits per heavy atom. The van der Waals surface area contributed by atoms with Crippen LogP contribution in [0.15, 0.2) is 52.3 Å². The number of alkyl halides is 3. The van der Waals surface area contributed by atoms with Gasteiger partial charge in [-0.1, -0.05) is 23.7 Å². The number of halogens is 4. The van der Waals surface area contributed by atoms with Gasteiger partial charge in [0.05, 0.1) is 35.1 Å². The highest BCUT2D eigenvalue weighted by atomic mass is 35.5. The van der Waals surface area contributed by atoms with Gasteiger partial charge in [0.15, 0.2) is 0 Å². The Morgan fingerprint density at radius 1 is 1.19 bits per heavy atom. The minimum Gasteiger partial charge on any atom is -0.450 e. The molecule has 0 spiro atoms. The van der Waals surface area contributed by atoms with Crippen molar-refractivity contribution in [1.82, 2.24) is 5.32 Å². The lowest BCUT2D eigenvalue weighted by Gasteiger charge is -2.28. The van der Waals surface area contributed by atoms with Crippen LogP contribution in [-0.2, 0) is 28.1 Å². The first-order valence-electron chi connectivity index (χ1n) is 9.92. The van der Waals surface area contributed by atoms with Crippen LogP contribution in [0.1, 0.15) is 37.8 Å². The van der Waals surface area contributed by atoms with Gasteiger partial charge in [-0.25, -0.2) is 9.00 Å². The van der Waals surface area contributed by atoms with Gasteiger partial charge in [0.1, 0.15) is 0 Å². The Labute approximate surface area is 192 Å². The summed E-state index contributed by atoms with van der Waals surface area (Å²) in [6.07, 6.45) is -3.57. The molecule has 10 heteroatoms. The van der Waals surface area contributed by atoms with Crippen LogP contribution in [-0.4, -0.2) is 34.2 Å². The minimum absolute atomic E-state index is 0.0346. The number of aliphatic hydroxyl groups is 1. The SMILES string of the molecule is CCOC(=O)NC(C)(CO)CCCc1ccc(S(=O)c2cccc(C(F)(F)F)c2)cc1Cl. The summed E-state index contributed by atoms with van der Waals surface area (Å²) >= 11 is 6.32. The highest BCUT2D eigenvalue weighted by Gasteiger charge is 2.31. The lowest BCUT2D eigenvalue weighted by molar-refractivity contribution is -0.137. The largest absolute Gasteiger partial charge is 0.450 e. The lowest BCUT2D eigenvalue weighted by Crippen LogP contribution is -2.49. The average molecular weight is 492 g/mol. The Bertz CT molecular complexity index is 970. The Morgan fingerprint density at radius 2 is 1.88 bits per heavy atom. The molecule has 2 aromatic carbocycles. The summed E-state index contributed by atoms with van der Waals surface area (Å²) in [6.45, 7) is 3.33. The van der Waals surface area contributed by atoms with E-state index in [0.29, 0.717) is 29.2 Å². The second-order valence-corrected chi connectivity index (χ2v) is 9.35. The van der Waals surface area contributed by atoms with Gasteiger partial charge in [0.25, 0.3) is 0 Å². The molecule has 5 nitrogen and oxygen atoms in total. The van der Waals surface area contributed by atoms with E-state index in [1.807, 2.05) is 0 Å². The van der Waals surface area contributed by atoms with Gasteiger partial charge in [-0.3, -0.25) is 0 Å². The molecule has 0 saturated heterocycles. The van der Waals surface area contributed by atoms with E-state index >= 15 is 0 Å². The summed E-state index contributed by atoms with van der Waals surface area (Å²) in [5.41, 5.74) is -0.966. The van der Waals surface area contributed by atoms with Crippen molar-refractivity contribution in [2.24, 2.45) is 0 Å². The van der Waals surface area contributed by atoms with Crippen molar-refractivity contribution in [3.8, 4) is 0 Å². The van der Waals surface area contributed by atoms with Crippen LogP contribution in [0.4, 0.5) is 18.0 Å². The highest BCUT2D eigenvalue weighted by Crippen LogP contribution is 2.31. The second kappa shape index (κ2) is 11.2. The first kappa shape index (κ1) is 26.2. The number of hydrogen-bond acceptors (Lipinski definition) is 4. The summed E-state index contributed by atoms with van der Waals surface area (Å²) in [4.78, 5) is 12.0. The molecule has 1 amide bonds. The molecule has 2 N–H and O–H groups in total. The molecular weight excluding hydrogens is 467 g/mol. The standard InChI is InChI=1S/C22H25ClF3NO4S/c1-3-31-20(29)27-21(2,14-28)11-5-6-15-9-10-18(13-19(15)23)32(30)17-8-4-7-16(12-17)22(24,25)26/h4,7-10,12-13,28H,3,5-6,11,14H2,1-2H3,(H,27,29). The topological polar surface area (TPSA) is 75.6 Å². The molecule has 0 bridgehead atoms. The maximum atomic E-state index is 12.9. The van der Waals surface area contributed by atoms with Crippen LogP contribution in [0, 0.1) is 0 Å². The summed E-state index contributed by atoms with van der Waals surface area (Å²) in [5, 5.41) is 12.6.